The summed E-state index contributed by atoms with van der Waals surface area (Å²) in [4.78, 5) is 20.2. The second-order valence-electron chi connectivity index (χ2n) is 3.57. The van der Waals surface area contributed by atoms with Crippen molar-refractivity contribution in [1.82, 2.24) is 5.43 Å². The van der Waals surface area contributed by atoms with E-state index in [9.17, 15) is 20.2 Å². The summed E-state index contributed by atoms with van der Waals surface area (Å²) in [6.45, 7) is 0.352. The summed E-state index contributed by atoms with van der Waals surface area (Å²) in [5, 5.41) is 22.9. The van der Waals surface area contributed by atoms with Crippen molar-refractivity contribution in [3.63, 3.8) is 0 Å². The number of hydrogen-bond donors (Lipinski definition) is 2. The van der Waals surface area contributed by atoms with E-state index < -0.39 is 9.85 Å². The van der Waals surface area contributed by atoms with Gasteiger partial charge in [-0.2, -0.15) is 0 Å². The Morgan fingerprint density at radius 3 is 2.50 bits per heavy atom. The number of non-ortho nitro benzene ring substituents is 1. The van der Waals surface area contributed by atoms with Gasteiger partial charge >= 0.3 is 5.69 Å². The van der Waals surface area contributed by atoms with E-state index >= 15 is 0 Å². The molecule has 0 atom stereocenters. The third kappa shape index (κ3) is 2.00. The molecule has 1 aliphatic heterocycles. The molecule has 0 spiro atoms. The van der Waals surface area contributed by atoms with Gasteiger partial charge in [-0.3, -0.25) is 30.7 Å². The molecule has 1 aromatic rings. The summed E-state index contributed by atoms with van der Waals surface area (Å²) < 4.78 is 0. The first-order valence-electron chi connectivity index (χ1n) is 4.91. The molecule has 0 fully saturated rings. The highest BCUT2D eigenvalue weighted by Gasteiger charge is 2.25. The van der Waals surface area contributed by atoms with E-state index in [1.165, 1.54) is 17.1 Å². The van der Waals surface area contributed by atoms with Crippen LogP contribution in [0.4, 0.5) is 17.1 Å². The quantitative estimate of drug-likeness (QED) is 0.595. The molecule has 1 heterocycles. The Hall–Kier alpha value is -2.84. The molecule has 0 amide bonds. The van der Waals surface area contributed by atoms with E-state index in [0.717, 1.165) is 6.07 Å². The van der Waals surface area contributed by atoms with Gasteiger partial charge in [0.15, 0.2) is 0 Å². The van der Waals surface area contributed by atoms with Crippen LogP contribution in [0.15, 0.2) is 30.1 Å². The number of nitro benzene ring substituents is 2. The number of hydrazine groups is 1. The van der Waals surface area contributed by atoms with Crippen LogP contribution in [0.5, 0.6) is 0 Å². The molecule has 2 rings (SSSR count). The number of nitro groups is 2. The van der Waals surface area contributed by atoms with E-state index in [1.807, 2.05) is 0 Å². The van der Waals surface area contributed by atoms with Gasteiger partial charge in [0.2, 0.25) is 0 Å². The number of nitrogens with two attached hydrogens (primary N) is 1. The van der Waals surface area contributed by atoms with Gasteiger partial charge in [0.1, 0.15) is 11.5 Å². The molecule has 0 saturated carbocycles. The maximum atomic E-state index is 10.9. The summed E-state index contributed by atoms with van der Waals surface area (Å²) in [5.74, 6) is 0.377. The summed E-state index contributed by atoms with van der Waals surface area (Å²) in [7, 11) is 0. The Kier molecular flexibility index (Phi) is 2.72. The zero-order chi connectivity index (χ0) is 13.3. The van der Waals surface area contributed by atoms with E-state index in [0.29, 0.717) is 12.4 Å². The lowest BCUT2D eigenvalue weighted by Gasteiger charge is -2.18. The van der Waals surface area contributed by atoms with Crippen LogP contribution in [0, 0.1) is 20.2 Å². The van der Waals surface area contributed by atoms with Gasteiger partial charge in [-0.05, 0) is 12.1 Å². The van der Waals surface area contributed by atoms with Crippen LogP contribution in [0.2, 0.25) is 0 Å². The zero-order valence-corrected chi connectivity index (χ0v) is 9.07. The normalized spacial score (nSPS) is 14.0. The van der Waals surface area contributed by atoms with Crippen molar-refractivity contribution in [2.75, 3.05) is 11.6 Å². The monoisotopic (exact) mass is 251 g/mol. The lowest BCUT2D eigenvalue weighted by atomic mass is 10.2. The van der Waals surface area contributed by atoms with Crippen molar-refractivity contribution in [2.24, 2.45) is 5.73 Å². The second-order valence-corrected chi connectivity index (χ2v) is 3.57. The fourth-order valence-corrected chi connectivity index (χ4v) is 1.60. The number of nitrogens with one attached hydrogen (secondary N) is 1. The van der Waals surface area contributed by atoms with Crippen LogP contribution in [0.1, 0.15) is 0 Å². The minimum Gasteiger partial charge on any atom is -0.384 e. The molecule has 18 heavy (non-hydrogen) atoms. The van der Waals surface area contributed by atoms with Gasteiger partial charge in [0, 0.05) is 6.07 Å². The highest BCUT2D eigenvalue weighted by Crippen LogP contribution is 2.32. The van der Waals surface area contributed by atoms with Gasteiger partial charge in [0.25, 0.3) is 5.69 Å². The first kappa shape index (κ1) is 11.6. The number of hydrogen-bond acceptors (Lipinski definition) is 7. The fraction of sp³-hybridized carbons (Fsp3) is 0.111. The zero-order valence-electron chi connectivity index (χ0n) is 9.07. The van der Waals surface area contributed by atoms with Crippen molar-refractivity contribution >= 4 is 17.1 Å². The Balaban J connectivity index is 2.41. The van der Waals surface area contributed by atoms with Crippen LogP contribution in [-0.2, 0) is 0 Å². The molecule has 0 aromatic heterocycles. The minimum absolute atomic E-state index is 0.224. The molecule has 94 valence electrons. The van der Waals surface area contributed by atoms with Crippen molar-refractivity contribution in [3.8, 4) is 0 Å². The minimum atomic E-state index is -0.680. The van der Waals surface area contributed by atoms with Crippen molar-refractivity contribution in [3.05, 3.63) is 50.3 Å². The predicted molar refractivity (Wildman–Crippen MR) is 62.5 cm³/mol. The average Bonchev–Trinajstić information content (AvgIpc) is 2.74. The lowest BCUT2D eigenvalue weighted by Crippen LogP contribution is -2.34. The Morgan fingerprint density at radius 1 is 1.28 bits per heavy atom. The van der Waals surface area contributed by atoms with E-state index in [1.54, 1.807) is 6.08 Å². The molecule has 0 unspecified atom stereocenters. The fourth-order valence-electron chi connectivity index (χ4n) is 1.60. The van der Waals surface area contributed by atoms with Gasteiger partial charge in [0.05, 0.1) is 22.5 Å². The first-order chi connectivity index (χ1) is 8.49. The summed E-state index contributed by atoms with van der Waals surface area (Å²) in [6.07, 6.45) is 1.64. The Morgan fingerprint density at radius 2 is 2.00 bits per heavy atom. The molecular formula is C9H9N5O4. The van der Waals surface area contributed by atoms with Crippen LogP contribution in [0.3, 0.4) is 0 Å². The van der Waals surface area contributed by atoms with Gasteiger partial charge in [-0.1, -0.05) is 0 Å². The van der Waals surface area contributed by atoms with E-state index in [2.05, 4.69) is 5.43 Å². The maximum absolute atomic E-state index is 10.9. The standard InChI is InChI=1S/C9H9N5O4/c10-9-3-4-12(11-9)7-2-1-6(13(15)16)5-8(7)14(17)18/h1-3,5,11H,4,10H2. The molecule has 9 nitrogen and oxygen atoms in total. The van der Waals surface area contributed by atoms with Gasteiger partial charge in [-0.15, -0.1) is 0 Å². The topological polar surface area (TPSA) is 128 Å². The SMILES string of the molecule is NC1=CCN(c2ccc([N+](=O)[O-])cc2[N+](=O)[O-])N1. The van der Waals surface area contributed by atoms with Crippen molar-refractivity contribution in [1.29, 1.82) is 0 Å². The molecule has 3 N–H and O–H groups in total. The average molecular weight is 251 g/mol. The highest BCUT2D eigenvalue weighted by molar-refractivity contribution is 5.67. The maximum Gasteiger partial charge on any atom is 0.301 e. The first-order valence-corrected chi connectivity index (χ1v) is 4.91. The highest BCUT2D eigenvalue weighted by atomic mass is 16.6. The summed E-state index contributed by atoms with van der Waals surface area (Å²) in [5.41, 5.74) is 7.76. The molecule has 1 aromatic carbocycles. The summed E-state index contributed by atoms with van der Waals surface area (Å²) in [6, 6.07) is 3.44. The smallest absolute Gasteiger partial charge is 0.301 e. The number of nitrogens with zero attached hydrogens (tertiary/aromatic N) is 3. The van der Waals surface area contributed by atoms with Gasteiger partial charge < -0.3 is 5.73 Å². The largest absolute Gasteiger partial charge is 0.384 e. The Bertz CT molecular complexity index is 556. The number of anilines is 1. The van der Waals surface area contributed by atoms with E-state index in [-0.39, 0.29) is 17.1 Å². The van der Waals surface area contributed by atoms with Crippen molar-refractivity contribution < 1.29 is 9.85 Å². The van der Waals surface area contributed by atoms with Crippen LogP contribution in [0.25, 0.3) is 0 Å². The number of rotatable bonds is 3. The third-order valence-corrected chi connectivity index (χ3v) is 2.42. The lowest BCUT2D eigenvalue weighted by molar-refractivity contribution is -0.393. The molecule has 0 radical (unpaired) electrons. The second kappa shape index (κ2) is 4.20. The predicted octanol–water partition coefficient (Wildman–Crippen LogP) is 0.628. The number of benzene rings is 1. The molecule has 0 saturated heterocycles. The molecule has 9 heteroatoms. The molecule has 0 aliphatic carbocycles. The van der Waals surface area contributed by atoms with Crippen LogP contribution < -0.4 is 16.2 Å². The summed E-state index contributed by atoms with van der Waals surface area (Å²) >= 11 is 0. The van der Waals surface area contributed by atoms with Gasteiger partial charge in [-0.25, -0.2) is 0 Å². The van der Waals surface area contributed by atoms with Crippen molar-refractivity contribution in [2.45, 2.75) is 0 Å². The molecule has 0 bridgehead atoms. The third-order valence-electron chi connectivity index (χ3n) is 2.42. The molecule has 1 aliphatic rings. The molecular weight excluding hydrogens is 242 g/mol. The van der Waals surface area contributed by atoms with Crippen LogP contribution >= 0.6 is 0 Å². The Labute approximate surface area is 101 Å². The van der Waals surface area contributed by atoms with Crippen LogP contribution in [-0.4, -0.2) is 16.4 Å². The van der Waals surface area contributed by atoms with E-state index in [4.69, 9.17) is 5.73 Å².